The first-order chi connectivity index (χ1) is 6.50. The van der Waals surface area contributed by atoms with Gasteiger partial charge < -0.3 is 10.1 Å². The molecule has 0 fully saturated rings. The second kappa shape index (κ2) is 4.13. The molecule has 0 heterocycles. The normalized spacial score (nSPS) is 10.9. The zero-order chi connectivity index (χ0) is 10.7. The lowest BCUT2D eigenvalue weighted by atomic mass is 10.0. The molecule has 76 valence electrons. The maximum absolute atomic E-state index is 9.34. The van der Waals surface area contributed by atoms with E-state index in [0.717, 1.165) is 16.7 Å². The molecule has 0 aromatic heterocycles. The van der Waals surface area contributed by atoms with Gasteiger partial charge in [0.25, 0.3) is 0 Å². The average molecular weight is 192 g/mol. The summed E-state index contributed by atoms with van der Waals surface area (Å²) in [6, 6.07) is 3.48. The third-order valence-electron chi connectivity index (χ3n) is 2.00. The summed E-state index contributed by atoms with van der Waals surface area (Å²) < 4.78 is 0. The Morgan fingerprint density at radius 1 is 1.21 bits per heavy atom. The number of benzene rings is 1. The van der Waals surface area contributed by atoms with E-state index in [4.69, 9.17) is 0 Å². The van der Waals surface area contributed by atoms with Gasteiger partial charge in [-0.1, -0.05) is 0 Å². The quantitative estimate of drug-likeness (QED) is 0.574. The maximum Gasteiger partial charge on any atom is 0.116 e. The third-order valence-corrected chi connectivity index (χ3v) is 2.00. The largest absolute Gasteiger partial charge is 0.508 e. The predicted octanol–water partition coefficient (Wildman–Crippen LogP) is 1.90. The van der Waals surface area contributed by atoms with Gasteiger partial charge in [0.15, 0.2) is 0 Å². The highest BCUT2D eigenvalue weighted by Crippen LogP contribution is 2.19. The van der Waals surface area contributed by atoms with Crippen LogP contribution in [-0.4, -0.2) is 30.4 Å². The Balaban J connectivity index is 3.09. The second-order valence-corrected chi connectivity index (χ2v) is 3.59. The summed E-state index contributed by atoms with van der Waals surface area (Å²) in [5.74, 6) is 0.307. The molecule has 14 heavy (non-hydrogen) atoms. The van der Waals surface area contributed by atoms with E-state index in [-0.39, 0.29) is 0 Å². The minimum atomic E-state index is 0.307. The molecule has 0 aliphatic heterocycles. The van der Waals surface area contributed by atoms with Crippen LogP contribution in [0.25, 0.3) is 0 Å². The van der Waals surface area contributed by atoms with Crippen molar-refractivity contribution in [1.82, 2.24) is 5.01 Å². The molecule has 0 unspecified atom stereocenters. The van der Waals surface area contributed by atoms with E-state index in [0.29, 0.717) is 5.75 Å². The Morgan fingerprint density at radius 3 is 2.14 bits per heavy atom. The molecule has 0 amide bonds. The molecule has 3 heteroatoms. The van der Waals surface area contributed by atoms with Crippen molar-refractivity contribution in [3.63, 3.8) is 0 Å². The molecule has 0 saturated heterocycles. The van der Waals surface area contributed by atoms with Gasteiger partial charge in [-0.2, -0.15) is 5.10 Å². The zero-order valence-electron chi connectivity index (χ0n) is 9.07. The number of nitrogens with zero attached hydrogens (tertiary/aromatic N) is 2. The van der Waals surface area contributed by atoms with Gasteiger partial charge in [-0.3, -0.25) is 0 Å². The van der Waals surface area contributed by atoms with Crippen molar-refractivity contribution in [2.75, 3.05) is 14.1 Å². The molecule has 3 nitrogen and oxygen atoms in total. The SMILES string of the molecule is Cc1cc(O)cc(C)c1/C=N/N(C)C. The number of phenolic OH excluding ortho intramolecular Hbond substituents is 1. The van der Waals surface area contributed by atoms with Crippen molar-refractivity contribution in [2.24, 2.45) is 5.10 Å². The highest BCUT2D eigenvalue weighted by atomic mass is 16.3. The van der Waals surface area contributed by atoms with Gasteiger partial charge in [-0.05, 0) is 37.1 Å². The molecular weight excluding hydrogens is 176 g/mol. The summed E-state index contributed by atoms with van der Waals surface area (Å²) in [4.78, 5) is 0. The predicted molar refractivity (Wildman–Crippen MR) is 58.9 cm³/mol. The average Bonchev–Trinajstić information content (AvgIpc) is 2.01. The first kappa shape index (κ1) is 10.6. The first-order valence-electron chi connectivity index (χ1n) is 4.52. The molecule has 1 rings (SSSR count). The van der Waals surface area contributed by atoms with Gasteiger partial charge in [0.1, 0.15) is 5.75 Å². The van der Waals surface area contributed by atoms with Crippen LogP contribution in [0.3, 0.4) is 0 Å². The fraction of sp³-hybridized carbons (Fsp3) is 0.364. The van der Waals surface area contributed by atoms with E-state index < -0.39 is 0 Å². The molecule has 1 N–H and O–H groups in total. The minimum absolute atomic E-state index is 0.307. The lowest BCUT2D eigenvalue weighted by Gasteiger charge is -2.07. The van der Waals surface area contributed by atoms with Gasteiger partial charge in [-0.25, -0.2) is 0 Å². The Kier molecular flexibility index (Phi) is 3.12. The van der Waals surface area contributed by atoms with Crippen LogP contribution in [-0.2, 0) is 0 Å². The number of aryl methyl sites for hydroxylation is 2. The van der Waals surface area contributed by atoms with E-state index in [1.54, 1.807) is 17.1 Å². The van der Waals surface area contributed by atoms with Crippen LogP contribution in [0.1, 0.15) is 16.7 Å². The topological polar surface area (TPSA) is 35.8 Å². The van der Waals surface area contributed by atoms with Gasteiger partial charge >= 0.3 is 0 Å². The number of hydrogen-bond donors (Lipinski definition) is 1. The van der Waals surface area contributed by atoms with Crippen molar-refractivity contribution < 1.29 is 5.11 Å². The molecular formula is C11H16N2O. The van der Waals surface area contributed by atoms with Gasteiger partial charge in [0.2, 0.25) is 0 Å². The Bertz CT molecular complexity index is 333. The summed E-state index contributed by atoms with van der Waals surface area (Å²) in [7, 11) is 3.75. The second-order valence-electron chi connectivity index (χ2n) is 3.59. The molecule has 0 spiro atoms. The number of hydrogen-bond acceptors (Lipinski definition) is 3. The molecule has 0 aliphatic carbocycles. The fourth-order valence-electron chi connectivity index (χ4n) is 1.33. The van der Waals surface area contributed by atoms with Gasteiger partial charge in [0, 0.05) is 19.7 Å². The van der Waals surface area contributed by atoms with Gasteiger partial charge in [0.05, 0.1) is 6.21 Å². The Morgan fingerprint density at radius 2 is 1.71 bits per heavy atom. The lowest BCUT2D eigenvalue weighted by molar-refractivity contribution is 0.440. The molecule has 0 radical (unpaired) electrons. The van der Waals surface area contributed by atoms with Crippen molar-refractivity contribution in [2.45, 2.75) is 13.8 Å². The van der Waals surface area contributed by atoms with Crippen molar-refractivity contribution in [1.29, 1.82) is 0 Å². The smallest absolute Gasteiger partial charge is 0.116 e. The van der Waals surface area contributed by atoms with E-state index in [1.807, 2.05) is 34.2 Å². The summed E-state index contributed by atoms with van der Waals surface area (Å²) in [6.45, 7) is 3.92. The van der Waals surface area contributed by atoms with Crippen LogP contribution in [0.2, 0.25) is 0 Å². The highest BCUT2D eigenvalue weighted by molar-refractivity contribution is 5.83. The monoisotopic (exact) mass is 192 g/mol. The van der Waals surface area contributed by atoms with E-state index in [2.05, 4.69) is 5.10 Å². The van der Waals surface area contributed by atoms with Crippen LogP contribution >= 0.6 is 0 Å². The highest BCUT2D eigenvalue weighted by Gasteiger charge is 2.01. The molecule has 1 aromatic rings. The lowest BCUT2D eigenvalue weighted by Crippen LogP contribution is -2.03. The van der Waals surface area contributed by atoms with Crippen LogP contribution < -0.4 is 0 Å². The molecule has 0 bridgehead atoms. The number of hydrazone groups is 1. The standard InChI is InChI=1S/C11H16N2O/c1-8-5-10(14)6-9(2)11(8)7-12-13(3)4/h5-7,14H,1-4H3/b12-7+. The fourth-order valence-corrected chi connectivity index (χ4v) is 1.33. The number of aromatic hydroxyl groups is 1. The maximum atomic E-state index is 9.34. The Labute approximate surface area is 84.7 Å². The zero-order valence-corrected chi connectivity index (χ0v) is 9.07. The molecule has 1 aromatic carbocycles. The van der Waals surface area contributed by atoms with Gasteiger partial charge in [-0.15, -0.1) is 0 Å². The van der Waals surface area contributed by atoms with Crippen molar-refractivity contribution in [3.05, 3.63) is 28.8 Å². The van der Waals surface area contributed by atoms with E-state index in [1.165, 1.54) is 0 Å². The Hall–Kier alpha value is -1.51. The minimum Gasteiger partial charge on any atom is -0.508 e. The number of rotatable bonds is 2. The summed E-state index contributed by atoms with van der Waals surface area (Å²) >= 11 is 0. The molecule has 0 atom stereocenters. The first-order valence-corrected chi connectivity index (χ1v) is 4.52. The van der Waals surface area contributed by atoms with Crippen LogP contribution in [0.4, 0.5) is 0 Å². The third kappa shape index (κ3) is 2.49. The van der Waals surface area contributed by atoms with Crippen LogP contribution in [0.5, 0.6) is 5.75 Å². The van der Waals surface area contributed by atoms with E-state index in [9.17, 15) is 5.11 Å². The molecule has 0 aliphatic rings. The summed E-state index contributed by atoms with van der Waals surface area (Å²) in [6.07, 6.45) is 1.81. The van der Waals surface area contributed by atoms with Crippen LogP contribution in [0, 0.1) is 13.8 Å². The van der Waals surface area contributed by atoms with E-state index >= 15 is 0 Å². The summed E-state index contributed by atoms with van der Waals surface area (Å²) in [5.41, 5.74) is 3.14. The summed E-state index contributed by atoms with van der Waals surface area (Å²) in [5, 5.41) is 15.3. The van der Waals surface area contributed by atoms with Crippen molar-refractivity contribution in [3.8, 4) is 5.75 Å². The van der Waals surface area contributed by atoms with Crippen LogP contribution in [0.15, 0.2) is 17.2 Å². The number of phenols is 1. The van der Waals surface area contributed by atoms with Crippen molar-refractivity contribution >= 4 is 6.21 Å². The molecule has 0 saturated carbocycles.